The smallest absolute Gasteiger partial charge is 0.133 e. The van der Waals surface area contributed by atoms with Crippen molar-refractivity contribution in [3.8, 4) is 6.07 Å². The van der Waals surface area contributed by atoms with E-state index in [1.807, 2.05) is 0 Å². The van der Waals surface area contributed by atoms with Crippen LogP contribution in [0, 0.1) is 11.3 Å². The number of aryl methyl sites for hydroxylation is 1. The standard InChI is InChI=1S/C15H21N5/c16-7-10-20-8-5-12(6-9-20)19-15-13-3-1-2-4-14(13)17-11-18-15/h11-12H,1-6,8-10H2,(H,17,18,19). The van der Waals surface area contributed by atoms with Crippen molar-refractivity contribution in [2.75, 3.05) is 25.0 Å². The van der Waals surface area contributed by atoms with E-state index in [0.717, 1.165) is 44.6 Å². The van der Waals surface area contributed by atoms with Crippen molar-refractivity contribution in [3.63, 3.8) is 0 Å². The number of rotatable bonds is 3. The maximum Gasteiger partial charge on any atom is 0.133 e. The largest absolute Gasteiger partial charge is 0.367 e. The fourth-order valence-electron chi connectivity index (χ4n) is 3.17. The summed E-state index contributed by atoms with van der Waals surface area (Å²) in [6, 6.07) is 2.71. The highest BCUT2D eigenvalue weighted by Gasteiger charge is 2.21. The van der Waals surface area contributed by atoms with Crippen LogP contribution in [0.2, 0.25) is 0 Å². The molecule has 20 heavy (non-hydrogen) atoms. The summed E-state index contributed by atoms with van der Waals surface area (Å²) in [6.45, 7) is 2.55. The van der Waals surface area contributed by atoms with Gasteiger partial charge in [0.25, 0.3) is 0 Å². The third kappa shape index (κ3) is 2.91. The first-order chi connectivity index (χ1) is 9.86. The van der Waals surface area contributed by atoms with Gasteiger partial charge < -0.3 is 5.32 Å². The monoisotopic (exact) mass is 271 g/mol. The zero-order valence-corrected chi connectivity index (χ0v) is 11.8. The van der Waals surface area contributed by atoms with Crippen LogP contribution in [0.4, 0.5) is 5.82 Å². The van der Waals surface area contributed by atoms with Crippen LogP contribution in [-0.4, -0.2) is 40.5 Å². The lowest BCUT2D eigenvalue weighted by atomic mass is 9.96. The van der Waals surface area contributed by atoms with Crippen molar-refractivity contribution in [2.45, 2.75) is 44.6 Å². The van der Waals surface area contributed by atoms with E-state index < -0.39 is 0 Å². The maximum atomic E-state index is 8.73. The molecule has 0 atom stereocenters. The van der Waals surface area contributed by atoms with Gasteiger partial charge in [0, 0.05) is 30.4 Å². The van der Waals surface area contributed by atoms with Crippen LogP contribution in [0.3, 0.4) is 0 Å². The lowest BCUT2D eigenvalue weighted by Crippen LogP contribution is -2.39. The van der Waals surface area contributed by atoms with E-state index in [4.69, 9.17) is 5.26 Å². The first-order valence-corrected chi connectivity index (χ1v) is 7.55. The maximum absolute atomic E-state index is 8.73. The molecule has 5 heteroatoms. The number of nitrogens with one attached hydrogen (secondary N) is 1. The van der Waals surface area contributed by atoms with Crippen LogP contribution in [0.5, 0.6) is 0 Å². The number of piperidine rings is 1. The number of hydrogen-bond donors (Lipinski definition) is 1. The molecule has 2 heterocycles. The molecule has 1 aromatic rings. The molecule has 0 saturated carbocycles. The summed E-state index contributed by atoms with van der Waals surface area (Å²) in [5.74, 6) is 1.05. The Labute approximate surface area is 120 Å². The molecule has 0 amide bonds. The van der Waals surface area contributed by atoms with Crippen LogP contribution >= 0.6 is 0 Å². The number of nitriles is 1. The molecule has 0 unspecified atom stereocenters. The van der Waals surface area contributed by atoms with Gasteiger partial charge in [-0.1, -0.05) is 0 Å². The Morgan fingerprint density at radius 2 is 2.05 bits per heavy atom. The average molecular weight is 271 g/mol. The van der Waals surface area contributed by atoms with Crippen molar-refractivity contribution in [1.82, 2.24) is 14.9 Å². The molecule has 0 spiro atoms. The molecule has 0 bridgehead atoms. The summed E-state index contributed by atoms with van der Waals surface area (Å²) >= 11 is 0. The van der Waals surface area contributed by atoms with Crippen molar-refractivity contribution in [2.24, 2.45) is 0 Å². The molecule has 1 aliphatic heterocycles. The lowest BCUT2D eigenvalue weighted by molar-refractivity contribution is 0.242. The van der Waals surface area contributed by atoms with Gasteiger partial charge in [0.2, 0.25) is 0 Å². The predicted octanol–water partition coefficient (Wildman–Crippen LogP) is 1.76. The Hall–Kier alpha value is -1.67. The molecule has 106 valence electrons. The summed E-state index contributed by atoms with van der Waals surface area (Å²) in [7, 11) is 0. The molecule has 1 saturated heterocycles. The van der Waals surface area contributed by atoms with Crippen LogP contribution in [0.15, 0.2) is 6.33 Å². The highest BCUT2D eigenvalue weighted by molar-refractivity contribution is 5.47. The topological polar surface area (TPSA) is 64.8 Å². The molecular formula is C15H21N5. The van der Waals surface area contributed by atoms with E-state index in [1.54, 1.807) is 6.33 Å². The molecule has 2 aliphatic rings. The summed E-state index contributed by atoms with van der Waals surface area (Å²) in [5, 5.41) is 12.3. The fraction of sp³-hybridized carbons (Fsp3) is 0.667. The van der Waals surface area contributed by atoms with E-state index in [0.29, 0.717) is 12.6 Å². The lowest BCUT2D eigenvalue weighted by Gasteiger charge is -2.31. The Kier molecular flexibility index (Phi) is 4.12. The number of anilines is 1. The number of hydrogen-bond acceptors (Lipinski definition) is 5. The third-order valence-electron chi connectivity index (χ3n) is 4.35. The molecule has 5 nitrogen and oxygen atoms in total. The van der Waals surface area contributed by atoms with E-state index in [2.05, 4.69) is 26.3 Å². The van der Waals surface area contributed by atoms with Crippen LogP contribution in [-0.2, 0) is 12.8 Å². The van der Waals surface area contributed by atoms with Crippen LogP contribution in [0.25, 0.3) is 0 Å². The van der Waals surface area contributed by atoms with Gasteiger partial charge in [-0.25, -0.2) is 9.97 Å². The second-order valence-corrected chi connectivity index (χ2v) is 5.71. The van der Waals surface area contributed by atoms with E-state index >= 15 is 0 Å². The van der Waals surface area contributed by atoms with E-state index in [9.17, 15) is 0 Å². The van der Waals surface area contributed by atoms with Gasteiger partial charge in [0.15, 0.2) is 0 Å². The van der Waals surface area contributed by atoms with Crippen molar-refractivity contribution >= 4 is 5.82 Å². The molecule has 0 radical (unpaired) electrons. The summed E-state index contributed by atoms with van der Waals surface area (Å²) in [5.41, 5.74) is 2.56. The number of aromatic nitrogens is 2. The van der Waals surface area contributed by atoms with E-state index in [-0.39, 0.29) is 0 Å². The summed E-state index contributed by atoms with van der Waals surface area (Å²) < 4.78 is 0. The van der Waals surface area contributed by atoms with Gasteiger partial charge in [-0.05, 0) is 38.5 Å². The Balaban J connectivity index is 1.63. The van der Waals surface area contributed by atoms with Crippen LogP contribution < -0.4 is 5.32 Å². The molecule has 1 aliphatic carbocycles. The first kappa shape index (κ1) is 13.3. The molecule has 1 fully saturated rings. The van der Waals surface area contributed by atoms with Crippen molar-refractivity contribution < 1.29 is 0 Å². The average Bonchev–Trinajstić information content (AvgIpc) is 2.50. The Morgan fingerprint density at radius 1 is 1.25 bits per heavy atom. The quantitative estimate of drug-likeness (QED) is 0.849. The molecule has 1 N–H and O–H groups in total. The SMILES string of the molecule is N#CCN1CCC(Nc2ncnc3c2CCCC3)CC1. The number of likely N-dealkylation sites (tertiary alicyclic amines) is 1. The number of fused-ring (bicyclic) bond motifs is 1. The third-order valence-corrected chi connectivity index (χ3v) is 4.35. The van der Waals surface area contributed by atoms with Gasteiger partial charge in [-0.2, -0.15) is 5.26 Å². The minimum Gasteiger partial charge on any atom is -0.367 e. The van der Waals surface area contributed by atoms with Gasteiger partial charge >= 0.3 is 0 Å². The van der Waals surface area contributed by atoms with Crippen LogP contribution in [0.1, 0.15) is 36.9 Å². The molecule has 1 aromatic heterocycles. The highest BCUT2D eigenvalue weighted by Crippen LogP contribution is 2.26. The predicted molar refractivity (Wildman–Crippen MR) is 77.4 cm³/mol. The van der Waals surface area contributed by atoms with Gasteiger partial charge in [0.05, 0.1) is 12.6 Å². The molecular weight excluding hydrogens is 250 g/mol. The zero-order valence-electron chi connectivity index (χ0n) is 11.8. The second kappa shape index (κ2) is 6.19. The van der Waals surface area contributed by atoms with Gasteiger partial charge in [0.1, 0.15) is 12.1 Å². The molecule has 0 aromatic carbocycles. The van der Waals surface area contributed by atoms with E-state index in [1.165, 1.54) is 24.1 Å². The summed E-state index contributed by atoms with van der Waals surface area (Å²) in [4.78, 5) is 11.1. The normalized spacial score (nSPS) is 20.1. The number of nitrogens with zero attached hydrogens (tertiary/aromatic N) is 4. The minimum atomic E-state index is 0.478. The van der Waals surface area contributed by atoms with Gasteiger partial charge in [-0.3, -0.25) is 4.90 Å². The second-order valence-electron chi connectivity index (χ2n) is 5.71. The molecule has 3 rings (SSSR count). The van der Waals surface area contributed by atoms with Gasteiger partial charge in [-0.15, -0.1) is 0 Å². The fourth-order valence-corrected chi connectivity index (χ4v) is 3.17. The zero-order chi connectivity index (χ0) is 13.8. The minimum absolute atomic E-state index is 0.478. The Morgan fingerprint density at radius 3 is 2.85 bits per heavy atom. The highest BCUT2D eigenvalue weighted by atomic mass is 15.1. The van der Waals surface area contributed by atoms with Crippen molar-refractivity contribution in [1.29, 1.82) is 5.26 Å². The van der Waals surface area contributed by atoms with Crippen molar-refractivity contribution in [3.05, 3.63) is 17.6 Å². The first-order valence-electron chi connectivity index (χ1n) is 7.55. The Bertz CT molecular complexity index is 499. The summed E-state index contributed by atoms with van der Waals surface area (Å²) in [6.07, 6.45) is 8.54.